The van der Waals surface area contributed by atoms with Gasteiger partial charge in [0.25, 0.3) is 5.97 Å². The lowest BCUT2D eigenvalue weighted by Crippen LogP contribution is -2.24. The van der Waals surface area contributed by atoms with Crippen LogP contribution in [0.1, 0.15) is 13.3 Å². The van der Waals surface area contributed by atoms with Crippen LogP contribution in [0.4, 0.5) is 0 Å². The van der Waals surface area contributed by atoms with Gasteiger partial charge < -0.3 is 26.3 Å². The normalized spacial score (nSPS) is 9.00. The first kappa shape index (κ1) is 15.7. The Bertz CT molecular complexity index is 37.4. The van der Waals surface area contributed by atoms with Crippen molar-refractivity contribution in [1.82, 2.24) is 0 Å². The fourth-order valence-electron chi connectivity index (χ4n) is 0. The Morgan fingerprint density at radius 2 is 1.25 bits per heavy atom. The van der Waals surface area contributed by atoms with Crippen molar-refractivity contribution in [1.29, 1.82) is 0 Å². The molecule has 0 rings (SSSR count). The maximum atomic E-state index is 7.94. The third-order valence-corrected chi connectivity index (χ3v) is 0.474. The van der Waals surface area contributed by atoms with Gasteiger partial charge in [-0.15, -0.1) is 0 Å². The topological polar surface area (TPSA) is 124 Å². The molecule has 0 aromatic heterocycles. The van der Waals surface area contributed by atoms with E-state index in [4.69, 9.17) is 15.3 Å². The minimum atomic E-state index is -2.46. The van der Waals surface area contributed by atoms with E-state index in [9.17, 15) is 0 Å². The lowest BCUT2D eigenvalue weighted by Gasteiger charge is -2.08. The molecule has 0 radical (unpaired) electrons. The summed E-state index contributed by atoms with van der Waals surface area (Å²) in [4.78, 5) is 0. The van der Waals surface area contributed by atoms with E-state index in [1.165, 1.54) is 6.92 Å². The van der Waals surface area contributed by atoms with Crippen molar-refractivity contribution in [2.24, 2.45) is 0 Å². The molecular weight excluding hydrogens is 116 g/mol. The van der Waals surface area contributed by atoms with Gasteiger partial charge in [0.1, 0.15) is 0 Å². The largest absolute Gasteiger partial charge is 0.412 e. The summed E-state index contributed by atoms with van der Waals surface area (Å²) in [7, 11) is 0. The summed E-state index contributed by atoms with van der Waals surface area (Å²) in [5.41, 5.74) is 0. The van der Waals surface area contributed by atoms with Crippen molar-refractivity contribution in [3.05, 3.63) is 0 Å². The molecule has 7 N–H and O–H groups in total. The summed E-state index contributed by atoms with van der Waals surface area (Å²) in [5.74, 6) is -2.46. The second-order valence-corrected chi connectivity index (χ2v) is 1.13. The lowest BCUT2D eigenvalue weighted by atomic mass is 10.4. The van der Waals surface area contributed by atoms with Crippen molar-refractivity contribution in [3.8, 4) is 0 Å². The second kappa shape index (κ2) is 4.95. The Morgan fingerprint density at radius 1 is 1.12 bits per heavy atom. The van der Waals surface area contributed by atoms with Crippen LogP contribution in [-0.4, -0.2) is 32.2 Å². The fraction of sp³-hybridized carbons (Fsp3) is 1.00. The zero-order valence-corrected chi connectivity index (χ0v) is 4.55. The van der Waals surface area contributed by atoms with E-state index in [1.807, 2.05) is 0 Å². The van der Waals surface area contributed by atoms with Crippen LogP contribution in [0.3, 0.4) is 0 Å². The highest BCUT2D eigenvalue weighted by Gasteiger charge is 2.11. The molecule has 0 spiro atoms. The van der Waals surface area contributed by atoms with Gasteiger partial charge in [-0.3, -0.25) is 0 Å². The molecule has 0 aliphatic heterocycles. The molecular formula is C3H12O5. The van der Waals surface area contributed by atoms with E-state index in [0.29, 0.717) is 0 Å². The molecule has 0 aromatic rings. The minimum Gasteiger partial charge on any atom is -0.412 e. The van der Waals surface area contributed by atoms with Crippen molar-refractivity contribution in [2.45, 2.75) is 19.3 Å². The monoisotopic (exact) mass is 128 g/mol. The summed E-state index contributed by atoms with van der Waals surface area (Å²) in [5, 5.41) is 23.8. The first-order valence-electron chi connectivity index (χ1n) is 1.73. The van der Waals surface area contributed by atoms with Crippen LogP contribution in [0.2, 0.25) is 0 Å². The zero-order chi connectivity index (χ0) is 5.21. The highest BCUT2D eigenvalue weighted by Crippen LogP contribution is 1.95. The van der Waals surface area contributed by atoms with Crippen LogP contribution in [0.5, 0.6) is 0 Å². The Kier molecular flexibility index (Phi) is 9.68. The SMILES string of the molecule is CCC(O)(O)O.O.O. The molecule has 0 bridgehead atoms. The molecule has 0 saturated carbocycles. The van der Waals surface area contributed by atoms with E-state index in [0.717, 1.165) is 0 Å². The number of hydrogen-bond acceptors (Lipinski definition) is 3. The minimum absolute atomic E-state index is 0. The van der Waals surface area contributed by atoms with Gasteiger partial charge in [-0.25, -0.2) is 0 Å². The Balaban J connectivity index is -0.000000125. The number of rotatable bonds is 1. The average Bonchev–Trinajstić information content (AvgIpc) is 1.35. The van der Waals surface area contributed by atoms with Crippen LogP contribution in [0.25, 0.3) is 0 Å². The zero-order valence-electron chi connectivity index (χ0n) is 4.55. The maximum Gasteiger partial charge on any atom is 0.274 e. The maximum absolute atomic E-state index is 7.94. The first-order chi connectivity index (χ1) is 2.56. The third kappa shape index (κ3) is 17.0. The highest BCUT2D eigenvalue weighted by molar-refractivity contribution is 4.35. The molecule has 0 aliphatic rings. The molecule has 5 heteroatoms. The standard InChI is InChI=1S/C3H8O3.2H2O/c1-2-3(4,5)6;;/h4-6H,2H2,1H3;2*1H2. The quantitative estimate of drug-likeness (QED) is 0.335. The van der Waals surface area contributed by atoms with Crippen LogP contribution in [-0.2, 0) is 0 Å². The molecule has 0 atom stereocenters. The summed E-state index contributed by atoms with van der Waals surface area (Å²) in [6.07, 6.45) is -0.0625. The summed E-state index contributed by atoms with van der Waals surface area (Å²) in [6, 6.07) is 0. The highest BCUT2D eigenvalue weighted by atomic mass is 16.7. The Labute approximate surface area is 46.8 Å². The molecule has 54 valence electrons. The molecule has 0 amide bonds. The molecule has 0 unspecified atom stereocenters. The van der Waals surface area contributed by atoms with Gasteiger partial charge in [0, 0.05) is 6.42 Å². The molecule has 0 fully saturated rings. The molecule has 0 aliphatic carbocycles. The van der Waals surface area contributed by atoms with Gasteiger partial charge in [-0.1, -0.05) is 6.92 Å². The second-order valence-electron chi connectivity index (χ2n) is 1.13. The van der Waals surface area contributed by atoms with Crippen molar-refractivity contribution < 1.29 is 26.3 Å². The predicted octanol–water partition coefficient (Wildman–Crippen LogP) is -2.62. The Morgan fingerprint density at radius 3 is 1.25 bits per heavy atom. The lowest BCUT2D eigenvalue weighted by molar-refractivity contribution is -0.312. The average molecular weight is 128 g/mol. The molecule has 0 aromatic carbocycles. The van der Waals surface area contributed by atoms with Crippen LogP contribution < -0.4 is 0 Å². The summed E-state index contributed by atoms with van der Waals surface area (Å²) in [6.45, 7) is 1.46. The summed E-state index contributed by atoms with van der Waals surface area (Å²) >= 11 is 0. The van der Waals surface area contributed by atoms with E-state index in [1.54, 1.807) is 0 Å². The fourth-order valence-corrected chi connectivity index (χ4v) is 0. The molecule has 0 saturated heterocycles. The van der Waals surface area contributed by atoms with Gasteiger partial charge in [0.2, 0.25) is 0 Å². The van der Waals surface area contributed by atoms with E-state index >= 15 is 0 Å². The van der Waals surface area contributed by atoms with Crippen molar-refractivity contribution >= 4 is 0 Å². The van der Waals surface area contributed by atoms with E-state index < -0.39 is 5.97 Å². The van der Waals surface area contributed by atoms with Crippen LogP contribution in [0.15, 0.2) is 0 Å². The van der Waals surface area contributed by atoms with Crippen LogP contribution >= 0.6 is 0 Å². The first-order valence-corrected chi connectivity index (χ1v) is 1.73. The third-order valence-electron chi connectivity index (χ3n) is 0.474. The molecule has 0 heterocycles. The number of hydrogen-bond donors (Lipinski definition) is 3. The van der Waals surface area contributed by atoms with Gasteiger partial charge in [0.15, 0.2) is 0 Å². The smallest absolute Gasteiger partial charge is 0.274 e. The summed E-state index contributed by atoms with van der Waals surface area (Å²) < 4.78 is 0. The number of aliphatic hydroxyl groups is 3. The predicted molar refractivity (Wildman–Crippen MR) is 26.9 cm³/mol. The van der Waals surface area contributed by atoms with Gasteiger partial charge in [-0.05, 0) is 0 Å². The van der Waals surface area contributed by atoms with Gasteiger partial charge >= 0.3 is 0 Å². The van der Waals surface area contributed by atoms with Crippen molar-refractivity contribution in [2.75, 3.05) is 0 Å². The van der Waals surface area contributed by atoms with Crippen molar-refractivity contribution in [3.63, 3.8) is 0 Å². The van der Waals surface area contributed by atoms with E-state index in [2.05, 4.69) is 0 Å². The molecule has 5 nitrogen and oxygen atoms in total. The van der Waals surface area contributed by atoms with Gasteiger partial charge in [-0.2, -0.15) is 0 Å². The van der Waals surface area contributed by atoms with Gasteiger partial charge in [0.05, 0.1) is 0 Å². The van der Waals surface area contributed by atoms with E-state index in [-0.39, 0.29) is 17.4 Å². The van der Waals surface area contributed by atoms with Crippen LogP contribution in [0, 0.1) is 0 Å². The Hall–Kier alpha value is -0.200. The molecule has 8 heavy (non-hydrogen) atoms.